The van der Waals surface area contributed by atoms with Crippen molar-refractivity contribution in [2.24, 2.45) is 0 Å². The molecule has 1 aliphatic rings. The number of anilines is 1. The normalized spacial score (nSPS) is 19.8. The van der Waals surface area contributed by atoms with Crippen LogP contribution in [-0.2, 0) is 11.2 Å². The standard InChI is InChI=1S/C17H24N4OS/c1-4-13-9-14-15(18-10-19-16(14)23-13)20-12(3)17(22)21-8-6-5-7-11(21)2/h9-12H,4-8H2,1-3H3,(H,18,19,20). The fourth-order valence-corrected chi connectivity index (χ4v) is 4.07. The van der Waals surface area contributed by atoms with E-state index in [0.29, 0.717) is 6.04 Å². The molecule has 2 unspecified atom stereocenters. The summed E-state index contributed by atoms with van der Waals surface area (Å²) in [6.07, 6.45) is 5.97. The molecule has 23 heavy (non-hydrogen) atoms. The van der Waals surface area contributed by atoms with Crippen LogP contribution in [0.4, 0.5) is 5.82 Å². The van der Waals surface area contributed by atoms with E-state index >= 15 is 0 Å². The fourth-order valence-electron chi connectivity index (χ4n) is 3.14. The lowest BCUT2D eigenvalue weighted by atomic mass is 10.0. The third-order valence-electron chi connectivity index (χ3n) is 4.54. The Morgan fingerprint density at radius 2 is 2.30 bits per heavy atom. The molecule has 0 radical (unpaired) electrons. The molecule has 6 heteroatoms. The summed E-state index contributed by atoms with van der Waals surface area (Å²) >= 11 is 1.69. The molecule has 2 aromatic rings. The molecule has 0 aromatic carbocycles. The maximum atomic E-state index is 12.7. The van der Waals surface area contributed by atoms with Crippen molar-refractivity contribution in [2.75, 3.05) is 11.9 Å². The van der Waals surface area contributed by atoms with Crippen LogP contribution in [0.3, 0.4) is 0 Å². The molecular weight excluding hydrogens is 308 g/mol. The van der Waals surface area contributed by atoms with Gasteiger partial charge in [-0.2, -0.15) is 0 Å². The van der Waals surface area contributed by atoms with Crippen LogP contribution in [0.15, 0.2) is 12.4 Å². The Morgan fingerprint density at radius 1 is 1.48 bits per heavy atom. The molecule has 0 bridgehead atoms. The van der Waals surface area contributed by atoms with Crippen LogP contribution in [0.1, 0.15) is 44.9 Å². The molecule has 0 spiro atoms. The van der Waals surface area contributed by atoms with Crippen LogP contribution in [0.5, 0.6) is 0 Å². The molecule has 124 valence electrons. The third kappa shape index (κ3) is 3.32. The highest BCUT2D eigenvalue weighted by Gasteiger charge is 2.27. The van der Waals surface area contributed by atoms with Gasteiger partial charge in [0.2, 0.25) is 5.91 Å². The smallest absolute Gasteiger partial charge is 0.245 e. The molecule has 5 nitrogen and oxygen atoms in total. The van der Waals surface area contributed by atoms with Gasteiger partial charge in [-0.3, -0.25) is 4.79 Å². The Hall–Kier alpha value is -1.69. The predicted octanol–water partition coefficient (Wildman–Crippen LogP) is 3.46. The number of fused-ring (bicyclic) bond motifs is 1. The number of carbonyl (C=O) groups is 1. The molecule has 1 aliphatic heterocycles. The molecule has 3 rings (SSSR count). The minimum atomic E-state index is -0.279. The quantitative estimate of drug-likeness (QED) is 0.931. The second kappa shape index (κ2) is 6.83. The summed E-state index contributed by atoms with van der Waals surface area (Å²) in [5.41, 5.74) is 0. The topological polar surface area (TPSA) is 58.1 Å². The average Bonchev–Trinajstić information content (AvgIpc) is 2.99. The van der Waals surface area contributed by atoms with Gasteiger partial charge in [0.15, 0.2) is 0 Å². The minimum absolute atomic E-state index is 0.162. The van der Waals surface area contributed by atoms with Crippen molar-refractivity contribution in [3.63, 3.8) is 0 Å². The number of amides is 1. The van der Waals surface area contributed by atoms with Gasteiger partial charge >= 0.3 is 0 Å². The SMILES string of the molecule is CCc1cc2c(NC(C)C(=O)N3CCCCC3C)ncnc2s1. The number of piperidine rings is 1. The van der Waals surface area contributed by atoms with E-state index in [-0.39, 0.29) is 11.9 Å². The predicted molar refractivity (Wildman–Crippen MR) is 94.9 cm³/mol. The summed E-state index contributed by atoms with van der Waals surface area (Å²) in [6.45, 7) is 7.06. The molecular formula is C17H24N4OS. The van der Waals surface area contributed by atoms with Gasteiger partial charge in [-0.1, -0.05) is 6.92 Å². The molecule has 1 saturated heterocycles. The number of hydrogen-bond acceptors (Lipinski definition) is 5. The Bertz CT molecular complexity index is 699. The van der Waals surface area contributed by atoms with Gasteiger partial charge < -0.3 is 10.2 Å². The van der Waals surface area contributed by atoms with E-state index in [1.807, 2.05) is 11.8 Å². The monoisotopic (exact) mass is 332 g/mol. The van der Waals surface area contributed by atoms with Gasteiger partial charge in [-0.05, 0) is 45.6 Å². The highest BCUT2D eigenvalue weighted by atomic mass is 32.1. The van der Waals surface area contributed by atoms with Gasteiger partial charge in [0.25, 0.3) is 0 Å². The number of nitrogens with zero attached hydrogens (tertiary/aromatic N) is 3. The summed E-state index contributed by atoms with van der Waals surface area (Å²) in [4.78, 5) is 25.7. The van der Waals surface area contributed by atoms with Crippen LogP contribution < -0.4 is 5.32 Å². The fraction of sp³-hybridized carbons (Fsp3) is 0.588. The zero-order valence-corrected chi connectivity index (χ0v) is 14.8. The summed E-state index contributed by atoms with van der Waals surface area (Å²) in [5, 5.41) is 4.32. The molecule has 3 heterocycles. The molecule has 0 saturated carbocycles. The Balaban J connectivity index is 1.78. The molecule has 2 atom stereocenters. The van der Waals surface area contributed by atoms with E-state index in [4.69, 9.17) is 0 Å². The van der Waals surface area contributed by atoms with E-state index in [9.17, 15) is 4.79 Å². The van der Waals surface area contributed by atoms with E-state index in [2.05, 4.69) is 35.2 Å². The first-order chi connectivity index (χ1) is 11.1. The number of aryl methyl sites for hydroxylation is 1. The van der Waals surface area contributed by atoms with E-state index in [0.717, 1.165) is 41.8 Å². The third-order valence-corrected chi connectivity index (χ3v) is 5.73. The second-order valence-corrected chi connectivity index (χ2v) is 7.37. The van der Waals surface area contributed by atoms with Crippen molar-refractivity contribution >= 4 is 33.3 Å². The van der Waals surface area contributed by atoms with Crippen molar-refractivity contribution in [2.45, 2.75) is 58.5 Å². The number of nitrogens with one attached hydrogen (secondary N) is 1. The number of likely N-dealkylation sites (tertiary alicyclic amines) is 1. The van der Waals surface area contributed by atoms with Crippen molar-refractivity contribution in [1.29, 1.82) is 0 Å². The Labute approximate surface area is 141 Å². The van der Waals surface area contributed by atoms with Crippen LogP contribution in [0.2, 0.25) is 0 Å². The number of aromatic nitrogens is 2. The van der Waals surface area contributed by atoms with Gasteiger partial charge in [0, 0.05) is 17.5 Å². The summed E-state index contributed by atoms with van der Waals surface area (Å²) in [5.74, 6) is 0.923. The number of carbonyl (C=O) groups excluding carboxylic acids is 1. The van der Waals surface area contributed by atoms with E-state index in [1.165, 1.54) is 11.3 Å². The van der Waals surface area contributed by atoms with Crippen LogP contribution in [0.25, 0.3) is 10.2 Å². The van der Waals surface area contributed by atoms with Gasteiger partial charge in [-0.25, -0.2) is 9.97 Å². The molecule has 1 N–H and O–H groups in total. The highest BCUT2D eigenvalue weighted by Crippen LogP contribution is 2.29. The summed E-state index contributed by atoms with van der Waals surface area (Å²) in [6, 6.07) is 2.18. The van der Waals surface area contributed by atoms with Crippen molar-refractivity contribution in [3.8, 4) is 0 Å². The lowest BCUT2D eigenvalue weighted by Crippen LogP contribution is -2.48. The zero-order chi connectivity index (χ0) is 16.4. The summed E-state index contributed by atoms with van der Waals surface area (Å²) in [7, 11) is 0. The number of thiophene rings is 1. The maximum absolute atomic E-state index is 12.7. The van der Waals surface area contributed by atoms with Crippen LogP contribution in [0, 0.1) is 0 Å². The Kier molecular flexibility index (Phi) is 4.80. The minimum Gasteiger partial charge on any atom is -0.358 e. The zero-order valence-electron chi connectivity index (χ0n) is 14.0. The lowest BCUT2D eigenvalue weighted by molar-refractivity contribution is -0.134. The van der Waals surface area contributed by atoms with Gasteiger partial charge in [-0.15, -0.1) is 11.3 Å². The first-order valence-electron chi connectivity index (χ1n) is 8.40. The van der Waals surface area contributed by atoms with Crippen molar-refractivity contribution in [3.05, 3.63) is 17.3 Å². The Morgan fingerprint density at radius 3 is 3.04 bits per heavy atom. The van der Waals surface area contributed by atoms with Gasteiger partial charge in [0.1, 0.15) is 23.0 Å². The van der Waals surface area contributed by atoms with Crippen molar-refractivity contribution < 1.29 is 4.79 Å². The maximum Gasteiger partial charge on any atom is 0.245 e. The first-order valence-corrected chi connectivity index (χ1v) is 9.22. The van der Waals surface area contributed by atoms with Crippen LogP contribution >= 0.6 is 11.3 Å². The molecule has 0 aliphatic carbocycles. The molecule has 1 amide bonds. The highest BCUT2D eigenvalue weighted by molar-refractivity contribution is 7.18. The number of rotatable bonds is 4. The van der Waals surface area contributed by atoms with Gasteiger partial charge in [0.05, 0.1) is 5.39 Å². The van der Waals surface area contributed by atoms with E-state index in [1.54, 1.807) is 17.7 Å². The number of hydrogen-bond donors (Lipinski definition) is 1. The molecule has 2 aromatic heterocycles. The average molecular weight is 332 g/mol. The largest absolute Gasteiger partial charge is 0.358 e. The van der Waals surface area contributed by atoms with Crippen molar-refractivity contribution in [1.82, 2.24) is 14.9 Å². The molecule has 1 fully saturated rings. The van der Waals surface area contributed by atoms with E-state index < -0.39 is 0 Å². The lowest BCUT2D eigenvalue weighted by Gasteiger charge is -2.35. The van der Waals surface area contributed by atoms with Crippen LogP contribution in [-0.4, -0.2) is 39.4 Å². The summed E-state index contributed by atoms with van der Waals surface area (Å²) < 4.78 is 0. The second-order valence-electron chi connectivity index (χ2n) is 6.25. The first kappa shape index (κ1) is 16.2.